The first-order valence-electron chi connectivity index (χ1n) is 4.54. The summed E-state index contributed by atoms with van der Waals surface area (Å²) in [6, 6.07) is 8.03. The molecule has 4 heteroatoms. The highest BCUT2D eigenvalue weighted by Crippen LogP contribution is 2.10. The number of aliphatic imine (C=N–C) groups is 1. The van der Waals surface area contributed by atoms with Gasteiger partial charge in [-0.15, -0.1) is 0 Å². The number of hydrogen-bond donors (Lipinski definition) is 3. The smallest absolute Gasteiger partial charge is 0.213 e. The van der Waals surface area contributed by atoms with Crippen LogP contribution < -0.4 is 11.2 Å². The van der Waals surface area contributed by atoms with E-state index < -0.39 is 0 Å². The predicted molar refractivity (Wildman–Crippen MR) is 56.1 cm³/mol. The highest BCUT2D eigenvalue weighted by Gasteiger charge is 1.98. The van der Waals surface area contributed by atoms with Gasteiger partial charge in [-0.3, -0.25) is 5.21 Å². The van der Waals surface area contributed by atoms with Crippen molar-refractivity contribution < 1.29 is 5.21 Å². The van der Waals surface area contributed by atoms with Crippen LogP contribution in [0.1, 0.15) is 18.1 Å². The number of hydrogen-bond acceptors (Lipinski definition) is 2. The normalized spacial score (nSPS) is 11.4. The molecule has 0 aliphatic carbocycles. The summed E-state index contributed by atoms with van der Waals surface area (Å²) in [6.45, 7) is 2.58. The molecular weight excluding hydrogens is 178 g/mol. The van der Waals surface area contributed by atoms with Gasteiger partial charge in [-0.1, -0.05) is 31.2 Å². The molecule has 14 heavy (non-hydrogen) atoms. The standard InChI is InChI=1S/C10H15N3O/c1-2-8-5-3-4-6-9(8)7-12-10(11)13-14/h3-6,14H,2,7H2,1H3,(H3,11,12,13). The summed E-state index contributed by atoms with van der Waals surface area (Å²) in [6.07, 6.45) is 0.970. The SMILES string of the molecule is CCc1ccccc1CN=C(N)NO. The maximum atomic E-state index is 8.43. The van der Waals surface area contributed by atoms with Crippen molar-refractivity contribution in [2.75, 3.05) is 0 Å². The van der Waals surface area contributed by atoms with Gasteiger partial charge >= 0.3 is 0 Å². The van der Waals surface area contributed by atoms with E-state index in [1.165, 1.54) is 5.56 Å². The number of rotatable bonds is 3. The Balaban J connectivity index is 2.76. The first kappa shape index (κ1) is 10.5. The van der Waals surface area contributed by atoms with Crippen LogP contribution in [0, 0.1) is 0 Å². The van der Waals surface area contributed by atoms with Crippen molar-refractivity contribution in [3.63, 3.8) is 0 Å². The molecule has 0 aliphatic rings. The lowest BCUT2D eigenvalue weighted by Gasteiger charge is -2.04. The molecule has 0 aromatic heterocycles. The molecular formula is C10H15N3O. The minimum absolute atomic E-state index is 0.0379. The molecule has 0 heterocycles. The average molecular weight is 193 g/mol. The van der Waals surface area contributed by atoms with Crippen molar-refractivity contribution in [2.45, 2.75) is 19.9 Å². The number of guanidine groups is 1. The molecule has 0 aliphatic heterocycles. The Morgan fingerprint density at radius 1 is 1.43 bits per heavy atom. The lowest BCUT2D eigenvalue weighted by atomic mass is 10.1. The highest BCUT2D eigenvalue weighted by atomic mass is 16.5. The summed E-state index contributed by atoms with van der Waals surface area (Å²) in [7, 11) is 0. The van der Waals surface area contributed by atoms with E-state index in [1.54, 1.807) is 5.48 Å². The van der Waals surface area contributed by atoms with Crippen molar-refractivity contribution in [2.24, 2.45) is 10.7 Å². The lowest BCUT2D eigenvalue weighted by molar-refractivity contribution is 0.232. The van der Waals surface area contributed by atoms with E-state index in [2.05, 4.69) is 18.0 Å². The predicted octanol–water partition coefficient (Wildman–Crippen LogP) is 1.04. The average Bonchev–Trinajstić information content (AvgIpc) is 2.26. The van der Waals surface area contributed by atoms with Crippen LogP contribution in [0.3, 0.4) is 0 Å². The molecule has 0 atom stereocenters. The van der Waals surface area contributed by atoms with Crippen LogP contribution >= 0.6 is 0 Å². The van der Waals surface area contributed by atoms with Crippen LogP contribution in [-0.2, 0) is 13.0 Å². The quantitative estimate of drug-likeness (QED) is 0.381. The fourth-order valence-corrected chi connectivity index (χ4v) is 1.26. The molecule has 0 amide bonds. The van der Waals surface area contributed by atoms with E-state index in [1.807, 2.05) is 18.2 Å². The third kappa shape index (κ3) is 2.74. The molecule has 76 valence electrons. The third-order valence-electron chi connectivity index (χ3n) is 2.03. The van der Waals surface area contributed by atoms with Crippen LogP contribution in [-0.4, -0.2) is 11.2 Å². The van der Waals surface area contributed by atoms with E-state index in [9.17, 15) is 0 Å². The van der Waals surface area contributed by atoms with Crippen LogP contribution in [0.5, 0.6) is 0 Å². The van der Waals surface area contributed by atoms with Gasteiger partial charge in [0.15, 0.2) is 0 Å². The first-order chi connectivity index (χ1) is 6.77. The van der Waals surface area contributed by atoms with Crippen LogP contribution in [0.2, 0.25) is 0 Å². The molecule has 0 bridgehead atoms. The van der Waals surface area contributed by atoms with Crippen LogP contribution in [0.25, 0.3) is 0 Å². The minimum Gasteiger partial charge on any atom is -0.368 e. The van der Waals surface area contributed by atoms with Gasteiger partial charge in [0.2, 0.25) is 5.96 Å². The summed E-state index contributed by atoms with van der Waals surface area (Å²) < 4.78 is 0. The number of nitrogens with zero attached hydrogens (tertiary/aromatic N) is 1. The molecule has 4 nitrogen and oxygen atoms in total. The second-order valence-electron chi connectivity index (χ2n) is 2.94. The lowest BCUT2D eigenvalue weighted by Crippen LogP contribution is -2.28. The Hall–Kier alpha value is -1.55. The first-order valence-corrected chi connectivity index (χ1v) is 4.54. The largest absolute Gasteiger partial charge is 0.368 e. The summed E-state index contributed by atoms with van der Waals surface area (Å²) in [5, 5.41) is 8.43. The van der Waals surface area contributed by atoms with Crippen molar-refractivity contribution >= 4 is 5.96 Å². The monoisotopic (exact) mass is 193 g/mol. The molecule has 0 saturated carbocycles. The van der Waals surface area contributed by atoms with E-state index in [0.717, 1.165) is 12.0 Å². The molecule has 0 unspecified atom stereocenters. The fourth-order valence-electron chi connectivity index (χ4n) is 1.26. The Morgan fingerprint density at radius 2 is 2.07 bits per heavy atom. The Labute approximate surface area is 83.4 Å². The summed E-state index contributed by atoms with van der Waals surface area (Å²) >= 11 is 0. The molecule has 1 rings (SSSR count). The number of benzene rings is 1. The molecule has 1 aromatic carbocycles. The van der Waals surface area contributed by atoms with Crippen LogP contribution in [0.15, 0.2) is 29.3 Å². The van der Waals surface area contributed by atoms with E-state index in [4.69, 9.17) is 10.9 Å². The summed E-state index contributed by atoms with van der Waals surface area (Å²) in [5.41, 5.74) is 9.49. The highest BCUT2D eigenvalue weighted by molar-refractivity contribution is 5.76. The summed E-state index contributed by atoms with van der Waals surface area (Å²) in [4.78, 5) is 3.95. The number of nitrogens with two attached hydrogens (primary N) is 1. The zero-order valence-electron chi connectivity index (χ0n) is 8.20. The van der Waals surface area contributed by atoms with Gasteiger partial charge in [0.05, 0.1) is 6.54 Å². The molecule has 0 spiro atoms. The van der Waals surface area contributed by atoms with Gasteiger partial charge in [-0.2, -0.15) is 0 Å². The van der Waals surface area contributed by atoms with Crippen molar-refractivity contribution in [3.8, 4) is 0 Å². The zero-order valence-corrected chi connectivity index (χ0v) is 8.20. The topological polar surface area (TPSA) is 70.6 Å². The molecule has 0 saturated heterocycles. The van der Waals surface area contributed by atoms with Gasteiger partial charge in [-0.25, -0.2) is 10.5 Å². The molecule has 0 radical (unpaired) electrons. The maximum Gasteiger partial charge on any atom is 0.213 e. The minimum atomic E-state index is 0.0379. The Morgan fingerprint density at radius 3 is 2.64 bits per heavy atom. The number of aryl methyl sites for hydroxylation is 1. The second kappa shape index (κ2) is 5.24. The van der Waals surface area contributed by atoms with Gasteiger partial charge in [-0.05, 0) is 17.5 Å². The van der Waals surface area contributed by atoms with Crippen molar-refractivity contribution in [3.05, 3.63) is 35.4 Å². The maximum absolute atomic E-state index is 8.43. The molecule has 1 aromatic rings. The van der Waals surface area contributed by atoms with E-state index in [-0.39, 0.29) is 5.96 Å². The number of nitrogens with one attached hydrogen (secondary N) is 1. The van der Waals surface area contributed by atoms with Gasteiger partial charge in [0.1, 0.15) is 0 Å². The van der Waals surface area contributed by atoms with Crippen molar-refractivity contribution in [1.29, 1.82) is 0 Å². The molecule has 0 fully saturated rings. The van der Waals surface area contributed by atoms with E-state index >= 15 is 0 Å². The molecule has 4 N–H and O–H groups in total. The summed E-state index contributed by atoms with van der Waals surface area (Å²) in [5.74, 6) is 0.0379. The van der Waals surface area contributed by atoms with E-state index in [0.29, 0.717) is 6.54 Å². The van der Waals surface area contributed by atoms with Crippen molar-refractivity contribution in [1.82, 2.24) is 5.48 Å². The zero-order chi connectivity index (χ0) is 10.4. The third-order valence-corrected chi connectivity index (χ3v) is 2.03. The van der Waals surface area contributed by atoms with Crippen LogP contribution in [0.4, 0.5) is 0 Å². The Bertz CT molecular complexity index is 323. The van der Waals surface area contributed by atoms with Gasteiger partial charge < -0.3 is 5.73 Å². The second-order valence-corrected chi connectivity index (χ2v) is 2.94. The van der Waals surface area contributed by atoms with Gasteiger partial charge in [0.25, 0.3) is 0 Å². The fraction of sp³-hybridized carbons (Fsp3) is 0.300. The number of hydroxylamine groups is 1. The van der Waals surface area contributed by atoms with Gasteiger partial charge in [0, 0.05) is 0 Å². The Kier molecular flexibility index (Phi) is 3.94.